The van der Waals surface area contributed by atoms with Crippen molar-refractivity contribution in [2.75, 3.05) is 10.6 Å². The summed E-state index contributed by atoms with van der Waals surface area (Å²) in [7, 11) is 0. The Morgan fingerprint density at radius 3 is 2.07 bits per heavy atom. The van der Waals surface area contributed by atoms with Gasteiger partial charge in [0.05, 0.1) is 22.4 Å². The summed E-state index contributed by atoms with van der Waals surface area (Å²) in [4.78, 5) is 31.7. The van der Waals surface area contributed by atoms with Crippen molar-refractivity contribution in [2.24, 2.45) is 0 Å². The summed E-state index contributed by atoms with van der Waals surface area (Å²) >= 11 is 0. The van der Waals surface area contributed by atoms with Crippen LogP contribution < -0.4 is 10.6 Å². The van der Waals surface area contributed by atoms with Crippen LogP contribution in [0.5, 0.6) is 0 Å². The van der Waals surface area contributed by atoms with Gasteiger partial charge in [-0.05, 0) is 30.0 Å². The van der Waals surface area contributed by atoms with Crippen LogP contribution in [0, 0.1) is 21.7 Å². The maximum Gasteiger partial charge on any atom is 0.272 e. The SMILES string of the molecule is O=C1CCc2cc([N+](=O)[O-])cc(F)c2N1.O=C1CCc2cccc(F)c2N1. The Morgan fingerprint density at radius 2 is 1.44 bits per heavy atom. The van der Waals surface area contributed by atoms with Gasteiger partial charge < -0.3 is 10.6 Å². The quantitative estimate of drug-likeness (QED) is 0.590. The molecule has 4 rings (SSSR count). The number of aryl methyl sites for hydroxylation is 2. The third-order valence-electron chi connectivity index (χ3n) is 4.24. The van der Waals surface area contributed by atoms with Gasteiger partial charge in [-0.2, -0.15) is 0 Å². The van der Waals surface area contributed by atoms with E-state index in [4.69, 9.17) is 0 Å². The topological polar surface area (TPSA) is 101 Å². The zero-order valence-corrected chi connectivity index (χ0v) is 14.1. The van der Waals surface area contributed by atoms with Crippen LogP contribution in [0.15, 0.2) is 30.3 Å². The van der Waals surface area contributed by atoms with Gasteiger partial charge in [-0.1, -0.05) is 12.1 Å². The number of para-hydroxylation sites is 1. The molecule has 0 radical (unpaired) electrons. The van der Waals surface area contributed by atoms with Crippen molar-refractivity contribution in [1.82, 2.24) is 0 Å². The molecule has 2 amide bonds. The van der Waals surface area contributed by atoms with E-state index in [9.17, 15) is 28.5 Å². The van der Waals surface area contributed by atoms with Gasteiger partial charge in [0.25, 0.3) is 5.69 Å². The van der Waals surface area contributed by atoms with Crippen LogP contribution in [0.3, 0.4) is 0 Å². The Labute approximate surface area is 152 Å². The number of carbonyl (C=O) groups is 2. The van der Waals surface area contributed by atoms with E-state index < -0.39 is 10.7 Å². The summed E-state index contributed by atoms with van der Waals surface area (Å²) in [5, 5.41) is 15.3. The van der Waals surface area contributed by atoms with Crippen LogP contribution in [0.25, 0.3) is 0 Å². The normalized spacial score (nSPS) is 14.7. The fraction of sp³-hybridized carbons (Fsp3) is 0.222. The van der Waals surface area contributed by atoms with Crippen LogP contribution in [0.1, 0.15) is 24.0 Å². The summed E-state index contributed by atoms with van der Waals surface area (Å²) < 4.78 is 26.4. The predicted molar refractivity (Wildman–Crippen MR) is 93.4 cm³/mol. The molecule has 0 atom stereocenters. The van der Waals surface area contributed by atoms with E-state index in [2.05, 4.69) is 10.6 Å². The average Bonchev–Trinajstić information content (AvgIpc) is 2.63. The highest BCUT2D eigenvalue weighted by Crippen LogP contribution is 2.30. The number of rotatable bonds is 1. The zero-order valence-electron chi connectivity index (χ0n) is 14.1. The molecule has 0 spiro atoms. The predicted octanol–water partition coefficient (Wildman–Crippen LogP) is 3.33. The van der Waals surface area contributed by atoms with Crippen molar-refractivity contribution in [3.8, 4) is 0 Å². The minimum atomic E-state index is -0.757. The van der Waals surface area contributed by atoms with E-state index in [0.717, 1.165) is 11.6 Å². The van der Waals surface area contributed by atoms with Gasteiger partial charge >= 0.3 is 0 Å². The summed E-state index contributed by atoms with van der Waals surface area (Å²) in [5.74, 6) is -1.48. The first kappa shape index (κ1) is 18.4. The molecule has 2 aliphatic rings. The number of halogens is 2. The molecule has 0 fully saturated rings. The molecule has 2 heterocycles. The summed E-state index contributed by atoms with van der Waals surface area (Å²) in [6.07, 6.45) is 1.66. The summed E-state index contributed by atoms with van der Waals surface area (Å²) in [5.41, 5.74) is 1.49. The van der Waals surface area contributed by atoms with Gasteiger partial charge in [-0.15, -0.1) is 0 Å². The third kappa shape index (κ3) is 4.08. The molecule has 2 aromatic rings. The number of nitrogens with zero attached hydrogens (tertiary/aromatic N) is 1. The van der Waals surface area contributed by atoms with Crippen molar-refractivity contribution in [2.45, 2.75) is 25.7 Å². The maximum absolute atomic E-state index is 13.3. The highest BCUT2D eigenvalue weighted by Gasteiger charge is 2.22. The highest BCUT2D eigenvalue weighted by atomic mass is 19.1. The number of hydrogen-bond donors (Lipinski definition) is 2. The largest absolute Gasteiger partial charge is 0.323 e. The number of nitro groups is 1. The number of carbonyl (C=O) groups excluding carboxylic acids is 2. The lowest BCUT2D eigenvalue weighted by Crippen LogP contribution is -2.20. The van der Waals surface area contributed by atoms with Crippen LogP contribution >= 0.6 is 0 Å². The van der Waals surface area contributed by atoms with E-state index in [-0.39, 0.29) is 35.4 Å². The van der Waals surface area contributed by atoms with Crippen molar-refractivity contribution in [1.29, 1.82) is 0 Å². The molecule has 0 saturated carbocycles. The summed E-state index contributed by atoms with van der Waals surface area (Å²) in [6.45, 7) is 0. The lowest BCUT2D eigenvalue weighted by molar-refractivity contribution is -0.385. The molecule has 0 aliphatic carbocycles. The van der Waals surface area contributed by atoms with E-state index in [1.165, 1.54) is 12.1 Å². The highest BCUT2D eigenvalue weighted by molar-refractivity contribution is 5.94. The second-order valence-electron chi connectivity index (χ2n) is 6.09. The van der Waals surface area contributed by atoms with Crippen LogP contribution in [-0.2, 0) is 22.4 Å². The fourth-order valence-electron chi connectivity index (χ4n) is 2.91. The lowest BCUT2D eigenvalue weighted by atomic mass is 10.0. The molecule has 2 aliphatic heterocycles. The van der Waals surface area contributed by atoms with Crippen molar-refractivity contribution in [3.05, 3.63) is 63.2 Å². The second kappa shape index (κ2) is 7.48. The maximum atomic E-state index is 13.3. The van der Waals surface area contributed by atoms with E-state index >= 15 is 0 Å². The number of non-ortho nitro benzene ring substituents is 1. The van der Waals surface area contributed by atoms with Gasteiger partial charge in [0.1, 0.15) is 5.82 Å². The number of benzene rings is 2. The molecular formula is C18H15F2N3O4. The van der Waals surface area contributed by atoms with E-state index in [0.29, 0.717) is 30.5 Å². The van der Waals surface area contributed by atoms with Gasteiger partial charge in [-0.3, -0.25) is 19.7 Å². The minimum Gasteiger partial charge on any atom is -0.323 e. The molecule has 2 aromatic carbocycles. The number of anilines is 2. The van der Waals surface area contributed by atoms with Crippen LogP contribution in [-0.4, -0.2) is 16.7 Å². The second-order valence-corrected chi connectivity index (χ2v) is 6.09. The first-order chi connectivity index (χ1) is 12.8. The molecule has 0 aromatic heterocycles. The molecule has 7 nitrogen and oxygen atoms in total. The zero-order chi connectivity index (χ0) is 19.6. The molecule has 27 heavy (non-hydrogen) atoms. The van der Waals surface area contributed by atoms with Crippen LogP contribution in [0.4, 0.5) is 25.8 Å². The smallest absolute Gasteiger partial charge is 0.272 e. The number of fused-ring (bicyclic) bond motifs is 2. The molecule has 140 valence electrons. The first-order valence-electron chi connectivity index (χ1n) is 8.19. The van der Waals surface area contributed by atoms with Gasteiger partial charge in [0.15, 0.2) is 5.82 Å². The third-order valence-corrected chi connectivity index (χ3v) is 4.24. The molecule has 0 saturated heterocycles. The molecule has 2 N–H and O–H groups in total. The lowest BCUT2D eigenvalue weighted by Gasteiger charge is -2.16. The Morgan fingerprint density at radius 1 is 0.852 bits per heavy atom. The van der Waals surface area contributed by atoms with Crippen LogP contribution in [0.2, 0.25) is 0 Å². The molecular weight excluding hydrogens is 360 g/mol. The monoisotopic (exact) mass is 375 g/mol. The van der Waals surface area contributed by atoms with Gasteiger partial charge in [0, 0.05) is 18.9 Å². The Hall–Kier alpha value is -3.36. The van der Waals surface area contributed by atoms with E-state index in [1.54, 1.807) is 6.07 Å². The van der Waals surface area contributed by atoms with Gasteiger partial charge in [0.2, 0.25) is 11.8 Å². The molecule has 0 bridgehead atoms. The van der Waals surface area contributed by atoms with Crippen molar-refractivity contribution in [3.63, 3.8) is 0 Å². The molecule has 9 heteroatoms. The van der Waals surface area contributed by atoms with E-state index in [1.807, 2.05) is 6.07 Å². The molecule has 0 unspecified atom stereocenters. The number of hydrogen-bond acceptors (Lipinski definition) is 4. The minimum absolute atomic E-state index is 0.0665. The number of nitrogens with one attached hydrogen (secondary N) is 2. The standard InChI is InChI=1S/C9H7FN2O3.C9H8FNO/c10-7-4-6(12(14)15)3-5-1-2-8(13)11-9(5)7;10-7-3-1-2-6-4-5-8(12)11-9(6)7/h3-4H,1-2H2,(H,11,13);1-3H,4-5H2,(H,11,12). The van der Waals surface area contributed by atoms with Crippen molar-refractivity contribution < 1.29 is 23.3 Å². The number of nitro benzene ring substituents is 1. The average molecular weight is 375 g/mol. The van der Waals surface area contributed by atoms with Crippen molar-refractivity contribution >= 4 is 28.9 Å². The number of amides is 2. The Balaban J connectivity index is 0.000000159. The summed E-state index contributed by atoms with van der Waals surface area (Å²) in [6, 6.07) is 6.94. The first-order valence-corrected chi connectivity index (χ1v) is 8.19. The fourth-order valence-corrected chi connectivity index (χ4v) is 2.91. The Kier molecular flexibility index (Phi) is 5.11. The van der Waals surface area contributed by atoms with Gasteiger partial charge in [-0.25, -0.2) is 8.78 Å². The Bertz CT molecular complexity index is 946.